The Balaban J connectivity index is 2.11. The number of hydrogen-bond acceptors (Lipinski definition) is 4. The van der Waals surface area contributed by atoms with Crippen molar-refractivity contribution in [2.24, 2.45) is 0 Å². The van der Waals surface area contributed by atoms with E-state index in [1.54, 1.807) is 18.2 Å². The van der Waals surface area contributed by atoms with Gasteiger partial charge in [-0.05, 0) is 13.0 Å². The SMILES string of the molecule is CC(Nc1nnc(CCl)o1)c1ccccc1F. The summed E-state index contributed by atoms with van der Waals surface area (Å²) in [7, 11) is 0. The minimum atomic E-state index is -0.274. The number of benzene rings is 1. The number of nitrogens with zero attached hydrogens (tertiary/aromatic N) is 2. The molecule has 0 fully saturated rings. The second-order valence-corrected chi connectivity index (χ2v) is 3.79. The lowest BCUT2D eigenvalue weighted by atomic mass is 10.1. The van der Waals surface area contributed by atoms with Crippen molar-refractivity contribution < 1.29 is 8.81 Å². The topological polar surface area (TPSA) is 51.0 Å². The van der Waals surface area contributed by atoms with E-state index in [9.17, 15) is 4.39 Å². The number of nitrogens with one attached hydrogen (secondary N) is 1. The van der Waals surface area contributed by atoms with E-state index in [1.807, 2.05) is 6.92 Å². The van der Waals surface area contributed by atoms with Crippen molar-refractivity contribution in [3.05, 3.63) is 41.5 Å². The Labute approximate surface area is 103 Å². The number of hydrogen-bond donors (Lipinski definition) is 1. The fourth-order valence-corrected chi connectivity index (χ4v) is 1.56. The van der Waals surface area contributed by atoms with E-state index in [0.717, 1.165) is 0 Å². The molecule has 4 nitrogen and oxygen atoms in total. The largest absolute Gasteiger partial charge is 0.407 e. The van der Waals surface area contributed by atoms with E-state index >= 15 is 0 Å². The molecule has 1 unspecified atom stereocenters. The van der Waals surface area contributed by atoms with Gasteiger partial charge < -0.3 is 9.73 Å². The molecule has 0 bridgehead atoms. The van der Waals surface area contributed by atoms with Gasteiger partial charge >= 0.3 is 6.01 Å². The molecule has 0 aliphatic heterocycles. The Hall–Kier alpha value is -1.62. The minimum Gasteiger partial charge on any atom is -0.407 e. The molecular weight excluding hydrogens is 245 g/mol. The van der Waals surface area contributed by atoms with Gasteiger partial charge in [-0.1, -0.05) is 23.3 Å². The molecule has 1 N–H and O–H groups in total. The van der Waals surface area contributed by atoms with Crippen LogP contribution in [0.15, 0.2) is 28.7 Å². The first-order valence-electron chi connectivity index (χ1n) is 5.10. The summed E-state index contributed by atoms with van der Waals surface area (Å²) in [5.41, 5.74) is 0.540. The summed E-state index contributed by atoms with van der Waals surface area (Å²) in [5.74, 6) is 0.211. The van der Waals surface area contributed by atoms with E-state index in [0.29, 0.717) is 11.5 Å². The van der Waals surface area contributed by atoms with Crippen molar-refractivity contribution in [3.63, 3.8) is 0 Å². The summed E-state index contributed by atoms with van der Waals surface area (Å²) in [6, 6.07) is 6.49. The van der Waals surface area contributed by atoms with Gasteiger partial charge in [-0.2, -0.15) is 0 Å². The Bertz CT molecular complexity index is 503. The third kappa shape index (κ3) is 2.74. The standard InChI is InChI=1S/C11H11ClFN3O/c1-7(8-4-2-3-5-9(8)13)14-11-16-15-10(6-12)17-11/h2-5,7H,6H2,1H3,(H,14,16). The molecule has 2 rings (SSSR count). The second-order valence-electron chi connectivity index (χ2n) is 3.52. The number of halogens is 2. The molecule has 0 aliphatic rings. The number of anilines is 1. The van der Waals surface area contributed by atoms with Crippen molar-refractivity contribution in [1.29, 1.82) is 0 Å². The molecule has 1 aromatic heterocycles. The van der Waals surface area contributed by atoms with E-state index in [-0.39, 0.29) is 23.8 Å². The molecule has 1 atom stereocenters. The van der Waals surface area contributed by atoms with Crippen LogP contribution >= 0.6 is 11.6 Å². The fraction of sp³-hybridized carbons (Fsp3) is 0.273. The quantitative estimate of drug-likeness (QED) is 0.853. The molecule has 90 valence electrons. The molecule has 0 aliphatic carbocycles. The molecule has 1 aromatic carbocycles. The predicted molar refractivity (Wildman–Crippen MR) is 62.3 cm³/mol. The van der Waals surface area contributed by atoms with Crippen molar-refractivity contribution in [2.75, 3.05) is 5.32 Å². The average molecular weight is 256 g/mol. The highest BCUT2D eigenvalue weighted by molar-refractivity contribution is 6.16. The van der Waals surface area contributed by atoms with Crippen LogP contribution < -0.4 is 5.32 Å². The van der Waals surface area contributed by atoms with Crippen LogP contribution in [0.25, 0.3) is 0 Å². The van der Waals surface area contributed by atoms with Crippen LogP contribution in [0.5, 0.6) is 0 Å². The Kier molecular flexibility index (Phi) is 3.58. The van der Waals surface area contributed by atoms with Crippen LogP contribution in [0.2, 0.25) is 0 Å². The van der Waals surface area contributed by atoms with Crippen LogP contribution in [0, 0.1) is 5.82 Å². The lowest BCUT2D eigenvalue weighted by Gasteiger charge is -2.12. The zero-order valence-corrected chi connectivity index (χ0v) is 9.91. The molecular formula is C11H11ClFN3O. The maximum atomic E-state index is 13.5. The first-order valence-corrected chi connectivity index (χ1v) is 5.63. The number of alkyl halides is 1. The monoisotopic (exact) mass is 255 g/mol. The minimum absolute atomic E-state index is 0.156. The van der Waals surface area contributed by atoms with Gasteiger partial charge in [0.2, 0.25) is 5.89 Å². The van der Waals surface area contributed by atoms with Gasteiger partial charge in [0, 0.05) is 5.56 Å². The Morgan fingerprint density at radius 2 is 2.18 bits per heavy atom. The maximum Gasteiger partial charge on any atom is 0.315 e. The highest BCUT2D eigenvalue weighted by Gasteiger charge is 2.13. The maximum absolute atomic E-state index is 13.5. The summed E-state index contributed by atoms with van der Waals surface area (Å²) in [5, 5.41) is 10.4. The molecule has 0 saturated heterocycles. The molecule has 0 amide bonds. The number of rotatable bonds is 4. The van der Waals surface area contributed by atoms with Crippen LogP contribution in [0.3, 0.4) is 0 Å². The van der Waals surface area contributed by atoms with Crippen molar-refractivity contribution in [1.82, 2.24) is 10.2 Å². The summed E-state index contributed by atoms with van der Waals surface area (Å²) in [6.07, 6.45) is 0. The molecule has 0 radical (unpaired) electrons. The van der Waals surface area contributed by atoms with Gasteiger partial charge in [-0.15, -0.1) is 16.7 Å². The normalized spacial score (nSPS) is 12.4. The first kappa shape index (κ1) is 11.9. The van der Waals surface area contributed by atoms with Gasteiger partial charge in [0.15, 0.2) is 0 Å². The van der Waals surface area contributed by atoms with Gasteiger partial charge in [0.25, 0.3) is 0 Å². The molecule has 17 heavy (non-hydrogen) atoms. The van der Waals surface area contributed by atoms with Crippen molar-refractivity contribution >= 4 is 17.6 Å². The van der Waals surface area contributed by atoms with Crippen LogP contribution in [-0.4, -0.2) is 10.2 Å². The van der Waals surface area contributed by atoms with E-state index < -0.39 is 0 Å². The third-order valence-corrected chi connectivity index (χ3v) is 2.52. The molecule has 0 spiro atoms. The summed E-state index contributed by atoms with van der Waals surface area (Å²) < 4.78 is 18.7. The lowest BCUT2D eigenvalue weighted by molar-refractivity contribution is 0.518. The summed E-state index contributed by atoms with van der Waals surface area (Å²) in [6.45, 7) is 1.81. The zero-order valence-electron chi connectivity index (χ0n) is 9.15. The zero-order chi connectivity index (χ0) is 12.3. The molecule has 1 heterocycles. The van der Waals surface area contributed by atoms with Crippen LogP contribution in [0.4, 0.5) is 10.4 Å². The molecule has 6 heteroatoms. The first-order chi connectivity index (χ1) is 8.20. The molecule has 0 saturated carbocycles. The third-order valence-electron chi connectivity index (χ3n) is 2.29. The van der Waals surface area contributed by atoms with Crippen molar-refractivity contribution in [3.8, 4) is 0 Å². The van der Waals surface area contributed by atoms with Crippen LogP contribution in [0.1, 0.15) is 24.4 Å². The van der Waals surface area contributed by atoms with E-state index in [4.69, 9.17) is 16.0 Å². The van der Waals surface area contributed by atoms with E-state index in [2.05, 4.69) is 15.5 Å². The van der Waals surface area contributed by atoms with Gasteiger partial charge in [-0.3, -0.25) is 0 Å². The highest BCUT2D eigenvalue weighted by atomic mass is 35.5. The van der Waals surface area contributed by atoms with Gasteiger partial charge in [0.05, 0.1) is 6.04 Å². The second kappa shape index (κ2) is 5.14. The number of aromatic nitrogens is 2. The summed E-state index contributed by atoms with van der Waals surface area (Å²) >= 11 is 5.53. The molecule has 2 aromatic rings. The summed E-state index contributed by atoms with van der Waals surface area (Å²) in [4.78, 5) is 0. The van der Waals surface area contributed by atoms with Gasteiger partial charge in [0.1, 0.15) is 11.7 Å². The Morgan fingerprint density at radius 3 is 2.82 bits per heavy atom. The lowest BCUT2D eigenvalue weighted by Crippen LogP contribution is -2.08. The van der Waals surface area contributed by atoms with Crippen molar-refractivity contribution in [2.45, 2.75) is 18.8 Å². The van der Waals surface area contributed by atoms with Gasteiger partial charge in [-0.25, -0.2) is 4.39 Å². The van der Waals surface area contributed by atoms with Crippen LogP contribution in [-0.2, 0) is 5.88 Å². The smallest absolute Gasteiger partial charge is 0.315 e. The van der Waals surface area contributed by atoms with E-state index in [1.165, 1.54) is 6.07 Å². The highest BCUT2D eigenvalue weighted by Crippen LogP contribution is 2.20. The fourth-order valence-electron chi connectivity index (χ4n) is 1.46. The average Bonchev–Trinajstić information content (AvgIpc) is 2.77. The Morgan fingerprint density at radius 1 is 1.41 bits per heavy atom. The predicted octanol–water partition coefficient (Wildman–Crippen LogP) is 3.12.